The number of aryl methyl sites for hydroxylation is 2. The Bertz CT molecular complexity index is 858. The van der Waals surface area contributed by atoms with Crippen molar-refractivity contribution in [2.24, 2.45) is 0 Å². The molecule has 1 atom stereocenters. The molecule has 1 aliphatic rings. The predicted octanol–water partition coefficient (Wildman–Crippen LogP) is 2.99. The van der Waals surface area contributed by atoms with Crippen LogP contribution >= 0.6 is 0 Å². The first kappa shape index (κ1) is 18.9. The van der Waals surface area contributed by atoms with Crippen molar-refractivity contribution in [2.75, 3.05) is 33.8 Å². The summed E-state index contributed by atoms with van der Waals surface area (Å²) < 4.78 is 33.6. The Balaban J connectivity index is 1.95. The highest BCUT2D eigenvalue weighted by Gasteiger charge is 2.35. The number of ether oxygens (including phenoxy) is 1. The summed E-state index contributed by atoms with van der Waals surface area (Å²) in [4.78, 5) is 2.62. The van der Waals surface area contributed by atoms with Crippen LogP contribution < -0.4 is 4.74 Å². The molecule has 1 aliphatic heterocycles. The van der Waals surface area contributed by atoms with Gasteiger partial charge in [-0.15, -0.1) is 0 Å². The van der Waals surface area contributed by atoms with Crippen molar-refractivity contribution < 1.29 is 13.2 Å². The third kappa shape index (κ3) is 3.49. The molecule has 0 N–H and O–H groups in total. The number of nitrogens with zero attached hydrogens (tertiary/aromatic N) is 2. The number of rotatable bonds is 4. The zero-order chi connectivity index (χ0) is 18.9. The summed E-state index contributed by atoms with van der Waals surface area (Å²) in [7, 11) is 0.0761. The second-order valence-corrected chi connectivity index (χ2v) is 8.74. The zero-order valence-electron chi connectivity index (χ0n) is 15.8. The average Bonchev–Trinajstić information content (AvgIpc) is 2.61. The topological polar surface area (TPSA) is 49.9 Å². The van der Waals surface area contributed by atoms with Crippen molar-refractivity contribution in [3.05, 3.63) is 59.2 Å². The Morgan fingerprint density at radius 2 is 1.65 bits per heavy atom. The summed E-state index contributed by atoms with van der Waals surface area (Å²) in [5, 5.41) is 0. The van der Waals surface area contributed by atoms with Crippen molar-refractivity contribution in [1.82, 2.24) is 9.21 Å². The maximum absolute atomic E-state index is 13.4. The normalized spacial score (nSPS) is 19.5. The van der Waals surface area contributed by atoms with Gasteiger partial charge in [0.15, 0.2) is 0 Å². The molecule has 0 bridgehead atoms. The maximum atomic E-state index is 13.4. The van der Waals surface area contributed by atoms with Crippen molar-refractivity contribution in [3.8, 4) is 5.75 Å². The lowest BCUT2D eigenvalue weighted by atomic mass is 10.0. The largest absolute Gasteiger partial charge is 0.497 e. The van der Waals surface area contributed by atoms with Crippen molar-refractivity contribution in [1.29, 1.82) is 0 Å². The minimum Gasteiger partial charge on any atom is -0.497 e. The van der Waals surface area contributed by atoms with E-state index in [1.54, 1.807) is 23.5 Å². The van der Waals surface area contributed by atoms with Gasteiger partial charge in [-0.1, -0.05) is 30.3 Å². The number of hydrogen-bond acceptors (Lipinski definition) is 4. The molecule has 1 saturated heterocycles. The number of piperazine rings is 1. The molecular formula is C20H26N2O3S. The molecule has 0 aromatic heterocycles. The van der Waals surface area contributed by atoms with Gasteiger partial charge in [-0.25, -0.2) is 8.42 Å². The van der Waals surface area contributed by atoms with Crippen LogP contribution in [0.5, 0.6) is 5.75 Å². The highest BCUT2D eigenvalue weighted by atomic mass is 32.2. The Kier molecular flexibility index (Phi) is 5.37. The van der Waals surface area contributed by atoms with Gasteiger partial charge in [0, 0.05) is 25.7 Å². The molecule has 1 fully saturated rings. The monoisotopic (exact) mass is 374 g/mol. The van der Waals surface area contributed by atoms with Crippen LogP contribution in [0.2, 0.25) is 0 Å². The maximum Gasteiger partial charge on any atom is 0.243 e. The second-order valence-electron chi connectivity index (χ2n) is 6.86. The van der Waals surface area contributed by atoms with Crippen LogP contribution in [0, 0.1) is 13.8 Å². The third-order valence-electron chi connectivity index (χ3n) is 5.06. The van der Waals surface area contributed by atoms with E-state index in [0.29, 0.717) is 30.3 Å². The number of likely N-dealkylation sites (N-methyl/N-ethyl adjacent to an activating group) is 1. The summed E-state index contributed by atoms with van der Waals surface area (Å²) in [5.74, 6) is 0.680. The van der Waals surface area contributed by atoms with Crippen molar-refractivity contribution in [2.45, 2.75) is 24.8 Å². The van der Waals surface area contributed by atoms with Gasteiger partial charge in [-0.3, -0.25) is 4.90 Å². The van der Waals surface area contributed by atoms with Gasteiger partial charge >= 0.3 is 0 Å². The van der Waals surface area contributed by atoms with E-state index in [1.807, 2.05) is 39.1 Å². The number of methoxy groups -OCH3 is 1. The van der Waals surface area contributed by atoms with Crippen LogP contribution in [-0.4, -0.2) is 51.4 Å². The Morgan fingerprint density at radius 1 is 1.04 bits per heavy atom. The summed E-state index contributed by atoms with van der Waals surface area (Å²) in [6.07, 6.45) is 0. The molecule has 3 rings (SSSR count). The van der Waals surface area contributed by atoms with E-state index in [0.717, 1.165) is 16.7 Å². The van der Waals surface area contributed by atoms with E-state index >= 15 is 0 Å². The summed E-state index contributed by atoms with van der Waals surface area (Å²) in [6, 6.07) is 13.7. The molecule has 0 radical (unpaired) electrons. The molecule has 140 valence electrons. The van der Waals surface area contributed by atoms with E-state index in [1.165, 1.54) is 0 Å². The molecule has 0 saturated carbocycles. The quantitative estimate of drug-likeness (QED) is 0.826. The molecular weight excluding hydrogens is 348 g/mol. The standard InChI is InChI=1S/C20H26N2O3S/c1-15-12-18(25-4)13-16(2)20(15)26(23,24)22-11-10-21(3)19(14-22)17-8-6-5-7-9-17/h5-9,12-13,19H,10-11,14H2,1-4H3. The number of benzene rings is 2. The fourth-order valence-electron chi connectivity index (χ4n) is 3.67. The molecule has 2 aromatic rings. The summed E-state index contributed by atoms with van der Waals surface area (Å²) in [6.45, 7) is 5.30. The van der Waals surface area contributed by atoms with Crippen molar-refractivity contribution in [3.63, 3.8) is 0 Å². The van der Waals surface area contributed by atoms with Gasteiger partial charge in [0.05, 0.1) is 12.0 Å². The van der Waals surface area contributed by atoms with Crippen LogP contribution in [0.25, 0.3) is 0 Å². The Hall–Kier alpha value is -1.89. The summed E-state index contributed by atoms with van der Waals surface area (Å²) >= 11 is 0. The van der Waals surface area contributed by atoms with Gasteiger partial charge in [0.1, 0.15) is 5.75 Å². The van der Waals surface area contributed by atoms with Gasteiger partial charge in [0.2, 0.25) is 10.0 Å². The van der Waals surface area contributed by atoms with Crippen LogP contribution in [0.4, 0.5) is 0 Å². The molecule has 6 heteroatoms. The Morgan fingerprint density at radius 3 is 2.23 bits per heavy atom. The van der Waals surface area contributed by atoms with Gasteiger partial charge in [-0.2, -0.15) is 4.31 Å². The zero-order valence-corrected chi connectivity index (χ0v) is 16.6. The lowest BCUT2D eigenvalue weighted by molar-refractivity contribution is 0.148. The van der Waals surface area contributed by atoms with Gasteiger partial charge in [-0.05, 0) is 49.7 Å². The van der Waals surface area contributed by atoms with Crippen LogP contribution in [0.3, 0.4) is 0 Å². The molecule has 2 aromatic carbocycles. The van der Waals surface area contributed by atoms with E-state index in [4.69, 9.17) is 4.74 Å². The van der Waals surface area contributed by atoms with E-state index in [9.17, 15) is 8.42 Å². The molecule has 0 aliphatic carbocycles. The first-order chi connectivity index (χ1) is 12.3. The minimum absolute atomic E-state index is 0.0542. The van der Waals surface area contributed by atoms with E-state index in [2.05, 4.69) is 17.0 Å². The molecule has 0 amide bonds. The highest BCUT2D eigenvalue weighted by Crippen LogP contribution is 2.32. The van der Waals surface area contributed by atoms with Gasteiger partial charge in [0.25, 0.3) is 0 Å². The fraction of sp³-hybridized carbons (Fsp3) is 0.400. The second kappa shape index (κ2) is 7.39. The highest BCUT2D eigenvalue weighted by molar-refractivity contribution is 7.89. The molecule has 26 heavy (non-hydrogen) atoms. The Labute approximate surface area is 156 Å². The molecule has 1 unspecified atom stereocenters. The minimum atomic E-state index is -3.56. The SMILES string of the molecule is COc1cc(C)c(S(=O)(=O)N2CCN(C)C(c3ccccc3)C2)c(C)c1. The molecule has 5 nitrogen and oxygen atoms in total. The molecule has 0 spiro atoms. The average molecular weight is 375 g/mol. The van der Waals surface area contributed by atoms with E-state index in [-0.39, 0.29) is 6.04 Å². The van der Waals surface area contributed by atoms with Crippen molar-refractivity contribution >= 4 is 10.0 Å². The molecule has 1 heterocycles. The lowest BCUT2D eigenvalue weighted by Crippen LogP contribution is -2.49. The first-order valence-corrected chi connectivity index (χ1v) is 10.2. The van der Waals surface area contributed by atoms with Crippen LogP contribution in [0.1, 0.15) is 22.7 Å². The number of sulfonamides is 1. The predicted molar refractivity (Wildman–Crippen MR) is 103 cm³/mol. The van der Waals surface area contributed by atoms with Crippen LogP contribution in [-0.2, 0) is 10.0 Å². The smallest absolute Gasteiger partial charge is 0.243 e. The van der Waals surface area contributed by atoms with Crippen LogP contribution in [0.15, 0.2) is 47.4 Å². The van der Waals surface area contributed by atoms with E-state index < -0.39 is 10.0 Å². The lowest BCUT2D eigenvalue weighted by Gasteiger charge is -2.39. The fourth-order valence-corrected chi connectivity index (χ4v) is 5.52. The summed E-state index contributed by atoms with van der Waals surface area (Å²) in [5.41, 5.74) is 2.58. The first-order valence-electron chi connectivity index (χ1n) is 8.75. The third-order valence-corrected chi connectivity index (χ3v) is 7.23. The number of hydrogen-bond donors (Lipinski definition) is 0. The van der Waals surface area contributed by atoms with Gasteiger partial charge < -0.3 is 4.74 Å².